The molecule has 2 saturated heterocycles. The van der Waals surface area contributed by atoms with Gasteiger partial charge in [0, 0.05) is 18.7 Å². The van der Waals surface area contributed by atoms with Crippen LogP contribution in [0.3, 0.4) is 0 Å². The zero-order chi connectivity index (χ0) is 28.0. The number of β-amino-alcohol motifs (C(OH)–C–C–N with tert-alkyl or cyclic N) is 1. The summed E-state index contributed by atoms with van der Waals surface area (Å²) in [7, 11) is 0. The number of likely N-dealkylation sites (tertiary alicyclic amines) is 1. The van der Waals surface area contributed by atoms with Crippen molar-refractivity contribution >= 4 is 11.8 Å². The molecule has 2 aliphatic heterocycles. The summed E-state index contributed by atoms with van der Waals surface area (Å²) in [5.41, 5.74) is -1.02. The third-order valence-corrected chi connectivity index (χ3v) is 7.73. The van der Waals surface area contributed by atoms with E-state index in [2.05, 4.69) is 25.5 Å². The lowest BCUT2D eigenvalue weighted by Gasteiger charge is -2.36. The number of imide groups is 1. The predicted octanol–water partition coefficient (Wildman–Crippen LogP) is 2.88. The van der Waals surface area contributed by atoms with Crippen LogP contribution >= 0.6 is 0 Å². The standard InChI is InChI=1S/C28H37F2N5O4/c1-3-28(30,4-2)17-35-9-7-18(8-10-35)16-39-21-14-32-25(33-15-21)19-5-6-22(23(29)11-19)26(37)34-27(38)24-12-20(36)13-31-24/h5-6,11,14-15,18,20,24,31,36H,3-4,7-10,12-13,16-17H2,1-2H3,(H,34,37,38)/t20-,24+/m1/s1. The van der Waals surface area contributed by atoms with Gasteiger partial charge in [-0.25, -0.2) is 18.7 Å². The van der Waals surface area contributed by atoms with Crippen LogP contribution in [-0.4, -0.2) is 82.4 Å². The first-order valence-electron chi connectivity index (χ1n) is 13.6. The molecule has 2 aromatic rings. The van der Waals surface area contributed by atoms with Crippen molar-refractivity contribution in [3.05, 3.63) is 42.0 Å². The van der Waals surface area contributed by atoms with Gasteiger partial charge in [0.25, 0.3) is 5.91 Å². The molecule has 0 saturated carbocycles. The number of nitrogens with zero attached hydrogens (tertiary/aromatic N) is 3. The molecule has 3 heterocycles. The van der Waals surface area contributed by atoms with Crippen LogP contribution in [0.15, 0.2) is 30.6 Å². The molecule has 2 fully saturated rings. The Balaban J connectivity index is 1.26. The number of piperidine rings is 1. The van der Waals surface area contributed by atoms with E-state index in [1.165, 1.54) is 24.5 Å². The summed E-state index contributed by atoms with van der Waals surface area (Å²) in [6.07, 6.45) is 5.52. The van der Waals surface area contributed by atoms with Gasteiger partial charge in [-0.05, 0) is 63.2 Å². The average Bonchev–Trinajstić information content (AvgIpc) is 3.39. The third kappa shape index (κ3) is 7.55. The van der Waals surface area contributed by atoms with Crippen molar-refractivity contribution in [1.29, 1.82) is 0 Å². The lowest BCUT2D eigenvalue weighted by molar-refractivity contribution is -0.121. The second-order valence-corrected chi connectivity index (χ2v) is 10.5. The zero-order valence-corrected chi connectivity index (χ0v) is 22.5. The van der Waals surface area contributed by atoms with E-state index in [0.717, 1.165) is 32.0 Å². The average molecular weight is 546 g/mol. The molecule has 0 spiro atoms. The van der Waals surface area contributed by atoms with Crippen LogP contribution in [-0.2, 0) is 4.79 Å². The first kappa shape index (κ1) is 29.0. The topological polar surface area (TPSA) is 117 Å². The molecule has 4 rings (SSSR count). The van der Waals surface area contributed by atoms with Crippen LogP contribution in [0.2, 0.25) is 0 Å². The van der Waals surface area contributed by atoms with Crippen molar-refractivity contribution in [2.45, 2.75) is 63.8 Å². The molecule has 39 heavy (non-hydrogen) atoms. The molecule has 0 bridgehead atoms. The molecule has 2 amide bonds. The van der Waals surface area contributed by atoms with Gasteiger partial charge >= 0.3 is 0 Å². The SMILES string of the molecule is CCC(F)(CC)CN1CCC(COc2cnc(-c3ccc(C(=O)NC(=O)[C@@H]4C[C@@H](O)CN4)c(F)c3)nc2)CC1. The van der Waals surface area contributed by atoms with Gasteiger partial charge in [0.1, 0.15) is 11.5 Å². The minimum atomic E-state index is -1.12. The van der Waals surface area contributed by atoms with E-state index < -0.39 is 35.4 Å². The van der Waals surface area contributed by atoms with E-state index in [1.54, 1.807) is 0 Å². The highest BCUT2D eigenvalue weighted by molar-refractivity contribution is 6.06. The Labute approximate surface area is 227 Å². The molecule has 9 nitrogen and oxygen atoms in total. The highest BCUT2D eigenvalue weighted by Gasteiger charge is 2.31. The highest BCUT2D eigenvalue weighted by Crippen LogP contribution is 2.26. The fourth-order valence-corrected chi connectivity index (χ4v) is 4.96. The van der Waals surface area contributed by atoms with Gasteiger partial charge in [-0.15, -0.1) is 0 Å². The number of hydrogen-bond donors (Lipinski definition) is 3. The number of benzene rings is 1. The number of rotatable bonds is 10. The Bertz CT molecular complexity index is 1140. The van der Waals surface area contributed by atoms with Gasteiger partial charge in [-0.2, -0.15) is 0 Å². The van der Waals surface area contributed by atoms with E-state index in [4.69, 9.17) is 4.74 Å². The van der Waals surface area contributed by atoms with Gasteiger partial charge in [0.15, 0.2) is 11.6 Å². The molecular formula is C28H37F2N5O4. The van der Waals surface area contributed by atoms with Crippen LogP contribution in [0, 0.1) is 11.7 Å². The molecule has 1 aromatic heterocycles. The number of aromatic nitrogens is 2. The number of alkyl halides is 1. The summed E-state index contributed by atoms with van der Waals surface area (Å²) in [5.74, 6) is -1.14. The molecular weight excluding hydrogens is 508 g/mol. The van der Waals surface area contributed by atoms with Crippen molar-refractivity contribution in [3.63, 3.8) is 0 Å². The Hall–Kier alpha value is -3.02. The van der Waals surface area contributed by atoms with Crippen molar-refractivity contribution in [1.82, 2.24) is 25.5 Å². The highest BCUT2D eigenvalue weighted by atomic mass is 19.1. The van der Waals surface area contributed by atoms with Gasteiger partial charge in [0.05, 0.1) is 36.7 Å². The zero-order valence-electron chi connectivity index (χ0n) is 22.5. The van der Waals surface area contributed by atoms with Crippen molar-refractivity contribution in [3.8, 4) is 17.1 Å². The minimum Gasteiger partial charge on any atom is -0.490 e. The third-order valence-electron chi connectivity index (χ3n) is 7.73. The Morgan fingerprint density at radius 3 is 2.49 bits per heavy atom. The second-order valence-electron chi connectivity index (χ2n) is 10.5. The maximum Gasteiger partial charge on any atom is 0.260 e. The fraction of sp³-hybridized carbons (Fsp3) is 0.571. The van der Waals surface area contributed by atoms with Gasteiger partial charge < -0.3 is 20.1 Å². The molecule has 0 aliphatic carbocycles. The van der Waals surface area contributed by atoms with Crippen molar-refractivity contribution < 1.29 is 28.2 Å². The first-order chi connectivity index (χ1) is 18.7. The van der Waals surface area contributed by atoms with E-state index in [-0.39, 0.29) is 24.4 Å². The smallest absolute Gasteiger partial charge is 0.260 e. The summed E-state index contributed by atoms with van der Waals surface area (Å²) in [6.45, 7) is 6.76. The number of halogens is 2. The number of aliphatic hydroxyl groups excluding tert-OH is 1. The first-order valence-corrected chi connectivity index (χ1v) is 13.6. The Kier molecular flexibility index (Phi) is 9.58. The number of ether oxygens (including phenoxy) is 1. The fourth-order valence-electron chi connectivity index (χ4n) is 4.96. The van der Waals surface area contributed by atoms with Crippen LogP contribution in [0.25, 0.3) is 11.4 Å². The summed E-state index contributed by atoms with van der Waals surface area (Å²) < 4.78 is 35.3. The van der Waals surface area contributed by atoms with Crippen LogP contribution < -0.4 is 15.4 Å². The number of aliphatic hydroxyl groups is 1. The summed E-state index contributed by atoms with van der Waals surface area (Å²) in [4.78, 5) is 35.3. The quantitative estimate of drug-likeness (QED) is 0.391. The van der Waals surface area contributed by atoms with E-state index >= 15 is 0 Å². The monoisotopic (exact) mass is 545 g/mol. The van der Waals surface area contributed by atoms with E-state index in [9.17, 15) is 23.5 Å². The molecule has 2 atom stereocenters. The maximum atomic E-state index is 14.7. The number of hydrogen-bond acceptors (Lipinski definition) is 8. The summed E-state index contributed by atoms with van der Waals surface area (Å²) in [5, 5.41) is 14.5. The maximum absolute atomic E-state index is 14.7. The predicted molar refractivity (Wildman–Crippen MR) is 141 cm³/mol. The summed E-state index contributed by atoms with van der Waals surface area (Å²) >= 11 is 0. The molecule has 212 valence electrons. The van der Waals surface area contributed by atoms with Crippen LogP contribution in [0.5, 0.6) is 5.75 Å². The number of nitrogens with one attached hydrogen (secondary N) is 2. The largest absolute Gasteiger partial charge is 0.490 e. The lowest BCUT2D eigenvalue weighted by atomic mass is 9.94. The van der Waals surface area contributed by atoms with Crippen molar-refractivity contribution in [2.24, 2.45) is 5.92 Å². The normalized spacial score (nSPS) is 20.6. The number of amides is 2. The Morgan fingerprint density at radius 1 is 1.21 bits per heavy atom. The van der Waals surface area contributed by atoms with Gasteiger partial charge in [-0.3, -0.25) is 14.9 Å². The molecule has 2 aliphatic rings. The molecule has 1 aromatic carbocycles. The van der Waals surface area contributed by atoms with Crippen molar-refractivity contribution in [2.75, 3.05) is 32.8 Å². The number of carbonyl (C=O) groups excluding carboxylic acids is 2. The van der Waals surface area contributed by atoms with E-state index in [1.807, 2.05) is 13.8 Å². The number of carbonyl (C=O) groups is 2. The lowest BCUT2D eigenvalue weighted by Crippen LogP contribution is -2.44. The van der Waals surface area contributed by atoms with Gasteiger partial charge in [-0.1, -0.05) is 19.9 Å². The Morgan fingerprint density at radius 2 is 1.90 bits per heavy atom. The molecule has 11 heteroatoms. The molecule has 0 unspecified atom stereocenters. The minimum absolute atomic E-state index is 0.190. The molecule has 3 N–H and O–H groups in total. The summed E-state index contributed by atoms with van der Waals surface area (Å²) in [6, 6.07) is 3.23. The van der Waals surface area contributed by atoms with Crippen LogP contribution in [0.1, 0.15) is 56.3 Å². The van der Waals surface area contributed by atoms with E-state index in [0.29, 0.717) is 43.2 Å². The second kappa shape index (κ2) is 12.9. The molecule has 0 radical (unpaired) electrons. The van der Waals surface area contributed by atoms with Crippen LogP contribution in [0.4, 0.5) is 8.78 Å². The van der Waals surface area contributed by atoms with Gasteiger partial charge in [0.2, 0.25) is 5.91 Å².